The molecular weight excluding hydrogens is 248 g/mol. The lowest BCUT2D eigenvalue weighted by molar-refractivity contribution is 0.134. The monoisotopic (exact) mass is 268 g/mol. The van der Waals surface area contributed by atoms with Crippen LogP contribution in [0.3, 0.4) is 0 Å². The van der Waals surface area contributed by atoms with Gasteiger partial charge in [-0.15, -0.1) is 0 Å². The van der Waals surface area contributed by atoms with E-state index in [4.69, 9.17) is 4.74 Å². The van der Waals surface area contributed by atoms with Gasteiger partial charge in [-0.3, -0.25) is 4.98 Å². The first-order chi connectivity index (χ1) is 9.86. The number of benzene rings is 1. The van der Waals surface area contributed by atoms with Crippen LogP contribution in [0.2, 0.25) is 0 Å². The van der Waals surface area contributed by atoms with Crippen molar-refractivity contribution >= 4 is 0 Å². The van der Waals surface area contributed by atoms with E-state index in [1.54, 1.807) is 0 Å². The maximum absolute atomic E-state index is 5.50. The van der Waals surface area contributed by atoms with E-state index >= 15 is 0 Å². The highest BCUT2D eigenvalue weighted by Crippen LogP contribution is 2.25. The Kier molecular flexibility index (Phi) is 4.09. The second-order valence-corrected chi connectivity index (χ2v) is 5.16. The van der Waals surface area contributed by atoms with Gasteiger partial charge in [-0.25, -0.2) is 0 Å². The Labute approximate surface area is 120 Å². The second kappa shape index (κ2) is 6.16. The number of nitrogens with one attached hydrogen (secondary N) is 1. The molecule has 0 fully saturated rings. The predicted molar refractivity (Wildman–Crippen MR) is 79.3 cm³/mol. The Morgan fingerprint density at radius 3 is 2.90 bits per heavy atom. The first-order valence-corrected chi connectivity index (χ1v) is 7.19. The van der Waals surface area contributed by atoms with Gasteiger partial charge in [-0.05, 0) is 35.4 Å². The number of aromatic nitrogens is 1. The fourth-order valence-electron chi connectivity index (χ4n) is 2.69. The Bertz CT molecular complexity index is 568. The fourth-order valence-corrected chi connectivity index (χ4v) is 2.69. The summed E-state index contributed by atoms with van der Waals surface area (Å²) in [6.07, 6.45) is 2.77. The molecule has 1 N–H and O–H groups in total. The summed E-state index contributed by atoms with van der Waals surface area (Å²) in [5.74, 6) is 0. The molecule has 1 atom stereocenters. The third-order valence-electron chi connectivity index (χ3n) is 3.74. The van der Waals surface area contributed by atoms with E-state index in [9.17, 15) is 0 Å². The molecule has 3 nitrogen and oxygen atoms in total. The van der Waals surface area contributed by atoms with Gasteiger partial charge in [-0.2, -0.15) is 0 Å². The molecule has 0 saturated heterocycles. The zero-order valence-electron chi connectivity index (χ0n) is 11.8. The SMILES string of the molecule is CCNC(Cc1ccccn1)c1ccc2c(c1)COC2. The van der Waals surface area contributed by atoms with Crippen LogP contribution in [0.25, 0.3) is 0 Å². The third kappa shape index (κ3) is 2.89. The lowest BCUT2D eigenvalue weighted by atomic mass is 9.97. The summed E-state index contributed by atoms with van der Waals surface area (Å²) in [6.45, 7) is 4.58. The van der Waals surface area contributed by atoms with Crippen molar-refractivity contribution in [2.24, 2.45) is 0 Å². The lowest BCUT2D eigenvalue weighted by Crippen LogP contribution is -2.23. The average Bonchev–Trinajstić information content (AvgIpc) is 2.95. The van der Waals surface area contributed by atoms with Crippen LogP contribution in [0.15, 0.2) is 42.6 Å². The lowest BCUT2D eigenvalue weighted by Gasteiger charge is -2.19. The van der Waals surface area contributed by atoms with E-state index in [0.29, 0.717) is 6.04 Å². The first-order valence-electron chi connectivity index (χ1n) is 7.19. The van der Waals surface area contributed by atoms with Crippen molar-refractivity contribution in [2.45, 2.75) is 32.6 Å². The van der Waals surface area contributed by atoms with Gasteiger partial charge in [0.15, 0.2) is 0 Å². The quantitative estimate of drug-likeness (QED) is 0.905. The average molecular weight is 268 g/mol. The summed E-state index contributed by atoms with van der Waals surface area (Å²) in [6, 6.07) is 13.1. The van der Waals surface area contributed by atoms with Gasteiger partial charge in [-0.1, -0.05) is 31.2 Å². The van der Waals surface area contributed by atoms with E-state index in [0.717, 1.165) is 31.9 Å². The van der Waals surface area contributed by atoms with Crippen LogP contribution < -0.4 is 5.32 Å². The normalized spacial score (nSPS) is 15.1. The summed E-state index contributed by atoms with van der Waals surface area (Å²) >= 11 is 0. The number of rotatable bonds is 5. The third-order valence-corrected chi connectivity index (χ3v) is 3.74. The molecule has 1 aliphatic heterocycles. The highest BCUT2D eigenvalue weighted by molar-refractivity contribution is 5.35. The molecule has 104 valence electrons. The molecule has 3 rings (SSSR count). The molecule has 1 aromatic carbocycles. The maximum Gasteiger partial charge on any atom is 0.0725 e. The minimum Gasteiger partial charge on any atom is -0.372 e. The van der Waals surface area contributed by atoms with E-state index in [1.807, 2.05) is 18.3 Å². The molecule has 2 aromatic rings. The van der Waals surface area contributed by atoms with Crippen molar-refractivity contribution in [2.75, 3.05) is 6.54 Å². The predicted octanol–water partition coefficient (Wildman–Crippen LogP) is 3.01. The summed E-state index contributed by atoms with van der Waals surface area (Å²) in [7, 11) is 0. The Balaban J connectivity index is 1.83. The number of likely N-dealkylation sites (N-methyl/N-ethyl adjacent to an activating group) is 1. The van der Waals surface area contributed by atoms with Crippen LogP contribution in [-0.4, -0.2) is 11.5 Å². The topological polar surface area (TPSA) is 34.2 Å². The molecule has 1 aromatic heterocycles. The molecule has 0 amide bonds. The Morgan fingerprint density at radius 1 is 1.20 bits per heavy atom. The smallest absolute Gasteiger partial charge is 0.0725 e. The zero-order valence-corrected chi connectivity index (χ0v) is 11.8. The molecule has 1 unspecified atom stereocenters. The molecule has 0 spiro atoms. The summed E-state index contributed by atoms with van der Waals surface area (Å²) < 4.78 is 5.50. The summed E-state index contributed by atoms with van der Waals surface area (Å²) in [5, 5.41) is 3.56. The number of nitrogens with zero attached hydrogens (tertiary/aromatic N) is 1. The van der Waals surface area contributed by atoms with Crippen LogP contribution >= 0.6 is 0 Å². The van der Waals surface area contributed by atoms with Crippen LogP contribution in [-0.2, 0) is 24.4 Å². The van der Waals surface area contributed by atoms with Crippen molar-refractivity contribution in [3.8, 4) is 0 Å². The minimum atomic E-state index is 0.306. The van der Waals surface area contributed by atoms with Crippen LogP contribution in [0, 0.1) is 0 Å². The second-order valence-electron chi connectivity index (χ2n) is 5.16. The van der Waals surface area contributed by atoms with Crippen LogP contribution in [0.1, 0.15) is 35.3 Å². The molecule has 1 aliphatic rings. The van der Waals surface area contributed by atoms with E-state index in [1.165, 1.54) is 16.7 Å². The van der Waals surface area contributed by atoms with Crippen LogP contribution in [0.5, 0.6) is 0 Å². The highest BCUT2D eigenvalue weighted by atomic mass is 16.5. The molecule has 0 radical (unpaired) electrons. The summed E-state index contributed by atoms with van der Waals surface area (Å²) in [4.78, 5) is 4.43. The molecule has 0 aliphatic carbocycles. The van der Waals surface area contributed by atoms with Crippen molar-refractivity contribution < 1.29 is 4.74 Å². The number of fused-ring (bicyclic) bond motifs is 1. The van der Waals surface area contributed by atoms with Crippen molar-refractivity contribution in [1.82, 2.24) is 10.3 Å². The molecule has 3 heteroatoms. The van der Waals surface area contributed by atoms with Gasteiger partial charge in [0.2, 0.25) is 0 Å². The zero-order chi connectivity index (χ0) is 13.8. The largest absolute Gasteiger partial charge is 0.372 e. The van der Waals surface area contributed by atoms with Gasteiger partial charge in [0.05, 0.1) is 13.2 Å². The highest BCUT2D eigenvalue weighted by Gasteiger charge is 2.16. The maximum atomic E-state index is 5.50. The van der Waals surface area contributed by atoms with Gasteiger partial charge < -0.3 is 10.1 Å². The fraction of sp³-hybridized carbons (Fsp3) is 0.353. The molecule has 2 heterocycles. The molecule has 20 heavy (non-hydrogen) atoms. The van der Waals surface area contributed by atoms with Crippen molar-refractivity contribution in [3.05, 3.63) is 65.0 Å². The van der Waals surface area contributed by atoms with Gasteiger partial charge >= 0.3 is 0 Å². The van der Waals surface area contributed by atoms with Gasteiger partial charge in [0.1, 0.15) is 0 Å². The molecule has 0 bridgehead atoms. The number of hydrogen-bond donors (Lipinski definition) is 1. The molecular formula is C17H20N2O. The van der Waals surface area contributed by atoms with Gasteiger partial charge in [0, 0.05) is 24.4 Å². The first kappa shape index (κ1) is 13.3. The summed E-state index contributed by atoms with van der Waals surface area (Å²) in [5.41, 5.74) is 5.09. The van der Waals surface area contributed by atoms with Crippen molar-refractivity contribution in [1.29, 1.82) is 0 Å². The minimum absolute atomic E-state index is 0.306. The van der Waals surface area contributed by atoms with Crippen LogP contribution in [0.4, 0.5) is 0 Å². The van der Waals surface area contributed by atoms with E-state index < -0.39 is 0 Å². The number of hydrogen-bond acceptors (Lipinski definition) is 3. The molecule has 0 saturated carbocycles. The number of ether oxygens (including phenoxy) is 1. The van der Waals surface area contributed by atoms with E-state index in [-0.39, 0.29) is 0 Å². The van der Waals surface area contributed by atoms with Gasteiger partial charge in [0.25, 0.3) is 0 Å². The van der Waals surface area contributed by atoms with E-state index in [2.05, 4.69) is 41.5 Å². The Morgan fingerprint density at radius 2 is 2.10 bits per heavy atom. The number of pyridine rings is 1. The Hall–Kier alpha value is -1.71. The standard InChI is InChI=1S/C17H20N2O/c1-2-18-17(10-16-5-3-4-8-19-16)13-6-7-14-11-20-12-15(14)9-13/h3-9,17-18H,2,10-12H2,1H3. The van der Waals surface area contributed by atoms with Crippen molar-refractivity contribution in [3.63, 3.8) is 0 Å².